The Balaban J connectivity index is 4.04. The summed E-state index contributed by atoms with van der Waals surface area (Å²) in [5.74, 6) is 0.532. The molecule has 0 aromatic heterocycles. The van der Waals surface area contributed by atoms with Gasteiger partial charge in [-0.05, 0) is 45.1 Å². The van der Waals surface area contributed by atoms with Crippen molar-refractivity contribution >= 4 is 0 Å². The predicted molar refractivity (Wildman–Crippen MR) is 69.0 cm³/mol. The van der Waals surface area contributed by atoms with Crippen molar-refractivity contribution in [1.29, 1.82) is 0 Å². The summed E-state index contributed by atoms with van der Waals surface area (Å²) in [4.78, 5) is 0. The van der Waals surface area contributed by atoms with Crippen LogP contribution in [0.4, 0.5) is 0 Å². The van der Waals surface area contributed by atoms with Crippen molar-refractivity contribution in [2.45, 2.75) is 66.5 Å². The van der Waals surface area contributed by atoms with Crippen LogP contribution < -0.4 is 11.1 Å². The highest BCUT2D eigenvalue weighted by Crippen LogP contribution is 2.26. The first kappa shape index (κ1) is 14.9. The first-order valence-corrected chi connectivity index (χ1v) is 6.04. The molecular weight excluding hydrogens is 184 g/mol. The highest BCUT2D eigenvalue weighted by Gasteiger charge is 2.25. The van der Waals surface area contributed by atoms with Gasteiger partial charge in [-0.15, -0.1) is 0 Å². The van der Waals surface area contributed by atoms with Crippen molar-refractivity contribution in [3.05, 3.63) is 0 Å². The van der Waals surface area contributed by atoms with Crippen LogP contribution in [0.25, 0.3) is 0 Å². The Morgan fingerprint density at radius 1 is 1.07 bits per heavy atom. The molecule has 2 heteroatoms. The van der Waals surface area contributed by atoms with Gasteiger partial charge in [-0.25, -0.2) is 0 Å². The summed E-state index contributed by atoms with van der Waals surface area (Å²) < 4.78 is 0. The second kappa shape index (κ2) is 5.31. The molecule has 0 rings (SSSR count). The van der Waals surface area contributed by atoms with Gasteiger partial charge in [0.2, 0.25) is 0 Å². The lowest BCUT2D eigenvalue weighted by atomic mass is 9.81. The fourth-order valence-corrected chi connectivity index (χ4v) is 2.01. The van der Waals surface area contributed by atoms with E-state index in [1.165, 1.54) is 6.42 Å². The smallest absolute Gasteiger partial charge is 0.0130 e. The molecule has 0 fully saturated rings. The largest absolute Gasteiger partial charge is 0.328 e. The molecule has 0 heterocycles. The minimum Gasteiger partial charge on any atom is -0.328 e. The number of nitrogens with one attached hydrogen (secondary N) is 1. The Labute approximate surface area is 96.0 Å². The SMILES string of the molecule is CC(N)C(C)CNC(C)(C)CC(C)(C)C. The van der Waals surface area contributed by atoms with Gasteiger partial charge in [-0.3, -0.25) is 0 Å². The molecule has 2 unspecified atom stereocenters. The van der Waals surface area contributed by atoms with Crippen molar-refractivity contribution < 1.29 is 0 Å². The summed E-state index contributed by atoms with van der Waals surface area (Å²) in [6.07, 6.45) is 1.17. The highest BCUT2D eigenvalue weighted by atomic mass is 15.0. The fourth-order valence-electron chi connectivity index (χ4n) is 2.01. The molecule has 0 amide bonds. The van der Waals surface area contributed by atoms with Crippen molar-refractivity contribution in [2.75, 3.05) is 6.54 Å². The lowest BCUT2D eigenvalue weighted by Crippen LogP contribution is -2.46. The minimum atomic E-state index is 0.196. The van der Waals surface area contributed by atoms with Crippen LogP contribution >= 0.6 is 0 Å². The number of rotatable bonds is 5. The van der Waals surface area contributed by atoms with E-state index in [0.717, 1.165) is 6.54 Å². The van der Waals surface area contributed by atoms with Crippen LogP contribution in [0.5, 0.6) is 0 Å². The minimum absolute atomic E-state index is 0.196. The van der Waals surface area contributed by atoms with Crippen molar-refractivity contribution in [2.24, 2.45) is 17.1 Å². The third kappa shape index (κ3) is 7.80. The first-order valence-electron chi connectivity index (χ1n) is 6.04. The van der Waals surface area contributed by atoms with Crippen molar-refractivity contribution in [1.82, 2.24) is 5.32 Å². The molecule has 0 aliphatic heterocycles. The van der Waals surface area contributed by atoms with Crippen LogP contribution in [0.1, 0.15) is 54.9 Å². The summed E-state index contributed by atoms with van der Waals surface area (Å²) in [7, 11) is 0. The van der Waals surface area contributed by atoms with Gasteiger partial charge in [0, 0.05) is 11.6 Å². The molecule has 0 aromatic rings. The monoisotopic (exact) mass is 214 g/mol. The highest BCUT2D eigenvalue weighted by molar-refractivity contribution is 4.84. The quantitative estimate of drug-likeness (QED) is 0.738. The Morgan fingerprint density at radius 2 is 1.53 bits per heavy atom. The van der Waals surface area contributed by atoms with Crippen molar-refractivity contribution in [3.63, 3.8) is 0 Å². The van der Waals surface area contributed by atoms with E-state index in [1.807, 2.05) is 0 Å². The molecule has 0 aliphatic rings. The lowest BCUT2D eigenvalue weighted by Gasteiger charge is -2.35. The van der Waals surface area contributed by atoms with E-state index in [9.17, 15) is 0 Å². The molecule has 2 atom stereocenters. The molecule has 0 aliphatic carbocycles. The summed E-state index contributed by atoms with van der Waals surface area (Å²) >= 11 is 0. The van der Waals surface area contributed by atoms with Gasteiger partial charge in [0.15, 0.2) is 0 Å². The Kier molecular flexibility index (Phi) is 5.28. The first-order chi connectivity index (χ1) is 6.53. The molecule has 0 aromatic carbocycles. The van der Waals surface area contributed by atoms with Crippen LogP contribution in [-0.4, -0.2) is 18.1 Å². The van der Waals surface area contributed by atoms with Gasteiger partial charge in [0.25, 0.3) is 0 Å². The van der Waals surface area contributed by atoms with E-state index < -0.39 is 0 Å². The zero-order valence-corrected chi connectivity index (χ0v) is 11.6. The van der Waals surface area contributed by atoms with E-state index in [2.05, 4.69) is 53.8 Å². The van der Waals surface area contributed by atoms with Crippen LogP contribution in [0.2, 0.25) is 0 Å². The fraction of sp³-hybridized carbons (Fsp3) is 1.00. The van der Waals surface area contributed by atoms with Crippen LogP contribution in [-0.2, 0) is 0 Å². The molecule has 0 spiro atoms. The molecule has 92 valence electrons. The van der Waals surface area contributed by atoms with Crippen LogP contribution in [0.15, 0.2) is 0 Å². The number of hydrogen-bond donors (Lipinski definition) is 2. The Morgan fingerprint density at radius 3 is 1.87 bits per heavy atom. The van der Waals surface area contributed by atoms with E-state index >= 15 is 0 Å². The maximum atomic E-state index is 5.85. The van der Waals surface area contributed by atoms with E-state index in [0.29, 0.717) is 11.3 Å². The normalized spacial score (nSPS) is 17.6. The average molecular weight is 214 g/mol. The topological polar surface area (TPSA) is 38.0 Å². The van der Waals surface area contributed by atoms with Crippen LogP contribution in [0, 0.1) is 11.3 Å². The molecule has 2 nitrogen and oxygen atoms in total. The zero-order chi connectivity index (χ0) is 12.3. The molecule has 0 saturated heterocycles. The second-order valence-electron chi connectivity index (χ2n) is 6.84. The van der Waals surface area contributed by atoms with Crippen molar-refractivity contribution in [3.8, 4) is 0 Å². The predicted octanol–water partition coefficient (Wildman–Crippen LogP) is 2.77. The summed E-state index contributed by atoms with van der Waals surface area (Å²) in [6.45, 7) is 16.7. The van der Waals surface area contributed by atoms with Gasteiger partial charge in [-0.2, -0.15) is 0 Å². The van der Waals surface area contributed by atoms with E-state index in [1.54, 1.807) is 0 Å². The third-order valence-corrected chi connectivity index (χ3v) is 2.77. The van der Waals surface area contributed by atoms with Gasteiger partial charge in [0.1, 0.15) is 0 Å². The number of hydrogen-bond acceptors (Lipinski definition) is 2. The molecule has 0 bridgehead atoms. The van der Waals surface area contributed by atoms with Gasteiger partial charge in [-0.1, -0.05) is 27.7 Å². The van der Waals surface area contributed by atoms with Gasteiger partial charge >= 0.3 is 0 Å². The molecular formula is C13H30N2. The molecule has 0 saturated carbocycles. The van der Waals surface area contributed by atoms with Gasteiger partial charge in [0.05, 0.1) is 0 Å². The molecule has 0 radical (unpaired) electrons. The van der Waals surface area contributed by atoms with E-state index in [4.69, 9.17) is 5.73 Å². The third-order valence-electron chi connectivity index (χ3n) is 2.77. The maximum absolute atomic E-state index is 5.85. The Bertz CT molecular complexity index is 177. The average Bonchev–Trinajstić information content (AvgIpc) is 1.95. The maximum Gasteiger partial charge on any atom is 0.0130 e. The second-order valence-corrected chi connectivity index (χ2v) is 6.84. The summed E-state index contributed by atoms with van der Waals surface area (Å²) in [5, 5.41) is 3.62. The zero-order valence-electron chi connectivity index (χ0n) is 11.6. The lowest BCUT2D eigenvalue weighted by molar-refractivity contribution is 0.230. The molecule has 15 heavy (non-hydrogen) atoms. The molecule has 3 N–H and O–H groups in total. The van der Waals surface area contributed by atoms with E-state index in [-0.39, 0.29) is 11.6 Å². The summed E-state index contributed by atoms with van der Waals surface area (Å²) in [6, 6.07) is 0.267. The Hall–Kier alpha value is -0.0800. The standard InChI is InChI=1S/C13H30N2/c1-10(11(2)14)8-15-13(6,7)9-12(3,4)5/h10-11,15H,8-9,14H2,1-7H3. The number of nitrogens with two attached hydrogens (primary N) is 1. The van der Waals surface area contributed by atoms with Crippen LogP contribution in [0.3, 0.4) is 0 Å². The van der Waals surface area contributed by atoms with Gasteiger partial charge < -0.3 is 11.1 Å². The summed E-state index contributed by atoms with van der Waals surface area (Å²) in [5.41, 5.74) is 6.42.